The molecule has 3 heterocycles. The Morgan fingerprint density at radius 1 is 1.24 bits per heavy atom. The van der Waals surface area contributed by atoms with Crippen molar-refractivity contribution in [2.75, 3.05) is 6.79 Å². The fourth-order valence-electron chi connectivity index (χ4n) is 2.16. The lowest BCUT2D eigenvalue weighted by molar-refractivity contribution is -0.115. The van der Waals surface area contributed by atoms with Crippen LogP contribution in [-0.2, 0) is 4.79 Å². The Morgan fingerprint density at radius 2 is 2.14 bits per heavy atom. The first kappa shape index (κ1) is 12.2. The van der Waals surface area contributed by atoms with E-state index >= 15 is 0 Å². The van der Waals surface area contributed by atoms with Crippen molar-refractivity contribution < 1.29 is 14.3 Å². The molecule has 0 spiro atoms. The van der Waals surface area contributed by atoms with Gasteiger partial charge in [0, 0.05) is 0 Å². The van der Waals surface area contributed by atoms with Crippen molar-refractivity contribution in [3.05, 3.63) is 51.8 Å². The van der Waals surface area contributed by atoms with Gasteiger partial charge in [-0.2, -0.15) is 0 Å². The van der Waals surface area contributed by atoms with Crippen molar-refractivity contribution in [2.45, 2.75) is 0 Å². The molecule has 2 aliphatic rings. The topological polar surface area (TPSA) is 59.9 Å². The molecule has 2 aromatic rings. The largest absolute Gasteiger partial charge is 0.454 e. The predicted octanol–water partition coefficient (Wildman–Crippen LogP) is 2.39. The Bertz CT molecular complexity index is 778. The molecule has 1 amide bonds. The van der Waals surface area contributed by atoms with Crippen molar-refractivity contribution in [2.24, 2.45) is 4.99 Å². The van der Waals surface area contributed by atoms with Crippen LogP contribution in [0.5, 0.6) is 11.5 Å². The monoisotopic (exact) mass is 298 g/mol. The first-order chi connectivity index (χ1) is 10.3. The Kier molecular flexibility index (Phi) is 2.75. The van der Waals surface area contributed by atoms with Crippen LogP contribution in [0.15, 0.2) is 46.4 Å². The molecule has 0 aliphatic carbocycles. The van der Waals surface area contributed by atoms with E-state index in [2.05, 4.69) is 10.3 Å². The second-order valence-electron chi connectivity index (χ2n) is 4.53. The van der Waals surface area contributed by atoms with Crippen LogP contribution in [0.2, 0.25) is 0 Å². The van der Waals surface area contributed by atoms with Crippen LogP contribution < -0.4 is 14.8 Å². The second-order valence-corrected chi connectivity index (χ2v) is 5.48. The van der Waals surface area contributed by atoms with E-state index < -0.39 is 0 Å². The molecule has 0 saturated heterocycles. The Morgan fingerprint density at radius 3 is 3.00 bits per heavy atom. The number of hydrogen-bond donors (Lipinski definition) is 1. The molecule has 0 fully saturated rings. The highest BCUT2D eigenvalue weighted by molar-refractivity contribution is 7.12. The number of amidine groups is 1. The number of nitrogens with zero attached hydrogens (tertiary/aromatic N) is 1. The molecule has 2 aliphatic heterocycles. The quantitative estimate of drug-likeness (QED) is 0.866. The van der Waals surface area contributed by atoms with E-state index in [-0.39, 0.29) is 12.7 Å². The van der Waals surface area contributed by atoms with Gasteiger partial charge in [0.05, 0.1) is 4.88 Å². The lowest BCUT2D eigenvalue weighted by atomic mass is 10.1. The second kappa shape index (κ2) is 4.75. The van der Waals surface area contributed by atoms with Crippen molar-refractivity contribution in [3.8, 4) is 11.5 Å². The Labute approximate surface area is 124 Å². The summed E-state index contributed by atoms with van der Waals surface area (Å²) in [6, 6.07) is 9.38. The average molecular weight is 298 g/mol. The number of carbonyl (C=O) groups is 1. The molecule has 1 N–H and O–H groups in total. The fourth-order valence-corrected chi connectivity index (χ4v) is 2.83. The zero-order chi connectivity index (χ0) is 14.2. The summed E-state index contributed by atoms with van der Waals surface area (Å²) in [4.78, 5) is 17.3. The first-order valence-electron chi connectivity index (χ1n) is 6.35. The number of amides is 1. The minimum absolute atomic E-state index is 0.198. The summed E-state index contributed by atoms with van der Waals surface area (Å²) in [7, 11) is 0. The summed E-state index contributed by atoms with van der Waals surface area (Å²) < 4.78 is 10.6. The lowest BCUT2D eigenvalue weighted by Crippen LogP contribution is -2.23. The zero-order valence-electron chi connectivity index (χ0n) is 10.8. The van der Waals surface area contributed by atoms with Crippen LogP contribution in [0.3, 0.4) is 0 Å². The standard InChI is InChI=1S/C15H10N2O3S/c18-15-10(16-14(17-15)13-2-1-5-21-13)6-9-3-4-11-12(7-9)20-8-19-11/h1-7H,8H2,(H,16,17,18)/b10-6+. The van der Waals surface area contributed by atoms with Crippen molar-refractivity contribution in [1.82, 2.24) is 5.32 Å². The Balaban J connectivity index is 1.68. The number of thiophene rings is 1. The van der Waals surface area contributed by atoms with Gasteiger partial charge in [-0.3, -0.25) is 4.79 Å². The molecule has 104 valence electrons. The molecule has 0 radical (unpaired) electrons. The highest BCUT2D eigenvalue weighted by Gasteiger charge is 2.22. The molecule has 0 unspecified atom stereocenters. The van der Waals surface area contributed by atoms with E-state index in [1.54, 1.807) is 6.08 Å². The highest BCUT2D eigenvalue weighted by Crippen LogP contribution is 2.33. The minimum Gasteiger partial charge on any atom is -0.454 e. The number of benzene rings is 1. The molecular formula is C15H10N2O3S. The molecule has 0 atom stereocenters. The summed E-state index contributed by atoms with van der Waals surface area (Å²) in [5.74, 6) is 1.80. The highest BCUT2D eigenvalue weighted by atomic mass is 32.1. The van der Waals surface area contributed by atoms with Gasteiger partial charge < -0.3 is 14.8 Å². The Hall–Kier alpha value is -2.60. The van der Waals surface area contributed by atoms with Crippen LogP contribution >= 0.6 is 11.3 Å². The summed E-state index contributed by atoms with van der Waals surface area (Å²) in [6.45, 7) is 0.233. The van der Waals surface area contributed by atoms with E-state index in [0.717, 1.165) is 16.2 Å². The van der Waals surface area contributed by atoms with Gasteiger partial charge in [-0.1, -0.05) is 12.1 Å². The van der Waals surface area contributed by atoms with Gasteiger partial charge in [0.1, 0.15) is 5.70 Å². The van der Waals surface area contributed by atoms with Gasteiger partial charge in [0.15, 0.2) is 17.3 Å². The van der Waals surface area contributed by atoms with Gasteiger partial charge in [0.25, 0.3) is 5.91 Å². The third-order valence-corrected chi connectivity index (χ3v) is 4.03. The van der Waals surface area contributed by atoms with Gasteiger partial charge in [-0.25, -0.2) is 4.99 Å². The van der Waals surface area contributed by atoms with Crippen LogP contribution in [0, 0.1) is 0 Å². The molecular weight excluding hydrogens is 288 g/mol. The maximum absolute atomic E-state index is 12.0. The number of carbonyl (C=O) groups excluding carboxylic acids is 1. The molecule has 21 heavy (non-hydrogen) atoms. The third kappa shape index (κ3) is 2.19. The molecule has 6 heteroatoms. The maximum Gasteiger partial charge on any atom is 0.275 e. The van der Waals surface area contributed by atoms with Crippen LogP contribution in [0.25, 0.3) is 6.08 Å². The van der Waals surface area contributed by atoms with Crippen LogP contribution in [-0.4, -0.2) is 18.5 Å². The van der Waals surface area contributed by atoms with E-state index in [9.17, 15) is 4.79 Å². The molecule has 0 bridgehead atoms. The van der Waals surface area contributed by atoms with Gasteiger partial charge in [-0.05, 0) is 35.2 Å². The van der Waals surface area contributed by atoms with Gasteiger partial charge in [0.2, 0.25) is 6.79 Å². The maximum atomic E-state index is 12.0. The summed E-state index contributed by atoms with van der Waals surface area (Å²) in [5, 5.41) is 4.72. The van der Waals surface area contributed by atoms with Crippen LogP contribution in [0.4, 0.5) is 0 Å². The van der Waals surface area contributed by atoms with E-state index in [4.69, 9.17) is 9.47 Å². The summed E-state index contributed by atoms with van der Waals surface area (Å²) in [5.41, 5.74) is 1.23. The van der Waals surface area contributed by atoms with Crippen molar-refractivity contribution >= 4 is 29.2 Å². The first-order valence-corrected chi connectivity index (χ1v) is 7.23. The van der Waals surface area contributed by atoms with Gasteiger partial charge in [-0.15, -0.1) is 11.3 Å². The molecule has 0 saturated carbocycles. The lowest BCUT2D eigenvalue weighted by Gasteiger charge is -1.98. The van der Waals surface area contributed by atoms with E-state index in [1.807, 2.05) is 35.7 Å². The number of aliphatic imine (C=N–C) groups is 1. The number of ether oxygens (including phenoxy) is 2. The third-order valence-electron chi connectivity index (χ3n) is 3.15. The van der Waals surface area contributed by atoms with Crippen molar-refractivity contribution in [3.63, 3.8) is 0 Å². The molecule has 1 aromatic carbocycles. The average Bonchev–Trinajstić information content (AvgIpc) is 3.20. The summed E-state index contributed by atoms with van der Waals surface area (Å²) >= 11 is 1.54. The number of rotatable bonds is 2. The molecule has 5 nitrogen and oxygen atoms in total. The van der Waals surface area contributed by atoms with Gasteiger partial charge >= 0.3 is 0 Å². The van der Waals surface area contributed by atoms with E-state index in [1.165, 1.54) is 11.3 Å². The number of fused-ring (bicyclic) bond motifs is 1. The summed E-state index contributed by atoms with van der Waals surface area (Å²) in [6.07, 6.45) is 1.73. The number of nitrogens with one attached hydrogen (secondary N) is 1. The zero-order valence-corrected chi connectivity index (χ0v) is 11.6. The molecule has 4 rings (SSSR count). The normalized spacial score (nSPS) is 18.0. The number of hydrogen-bond acceptors (Lipinski definition) is 5. The fraction of sp³-hybridized carbons (Fsp3) is 0.0667. The predicted molar refractivity (Wildman–Crippen MR) is 79.5 cm³/mol. The molecule has 1 aromatic heterocycles. The van der Waals surface area contributed by atoms with Crippen molar-refractivity contribution in [1.29, 1.82) is 0 Å². The smallest absolute Gasteiger partial charge is 0.275 e. The van der Waals surface area contributed by atoms with Crippen LogP contribution in [0.1, 0.15) is 10.4 Å². The minimum atomic E-state index is -0.198. The van der Waals surface area contributed by atoms with E-state index in [0.29, 0.717) is 17.3 Å². The SMILES string of the molecule is O=C1NC(c2cccs2)=N/C1=C/c1ccc2c(c1)OCO2.